The van der Waals surface area contributed by atoms with Crippen molar-refractivity contribution in [2.75, 3.05) is 12.4 Å². The summed E-state index contributed by atoms with van der Waals surface area (Å²) >= 11 is 0. The molecule has 2 heterocycles. The first-order valence-corrected chi connectivity index (χ1v) is 5.77. The molecule has 0 saturated heterocycles. The molecule has 0 aliphatic carbocycles. The maximum Gasteiger partial charge on any atom is 0.354 e. The Morgan fingerprint density at radius 1 is 1.37 bits per heavy atom. The molecule has 0 amide bonds. The van der Waals surface area contributed by atoms with Gasteiger partial charge in [-0.15, -0.1) is 0 Å². The molecule has 100 valence electrons. The van der Waals surface area contributed by atoms with Gasteiger partial charge in [0.2, 0.25) is 5.56 Å². The van der Waals surface area contributed by atoms with Crippen molar-refractivity contribution in [3.05, 3.63) is 52.2 Å². The van der Waals surface area contributed by atoms with Crippen LogP contribution in [0, 0.1) is 0 Å². The molecule has 0 aromatic carbocycles. The summed E-state index contributed by atoms with van der Waals surface area (Å²) in [4.78, 5) is 25.5. The molecule has 0 spiro atoms. The number of hydrogen-bond acceptors (Lipinski definition) is 4. The SMILES string of the molecule is COC(=O)c1ccc(CNc2ccc(=O)n(C)c2)[nH]1. The van der Waals surface area contributed by atoms with E-state index in [0.717, 1.165) is 11.4 Å². The van der Waals surface area contributed by atoms with Crippen molar-refractivity contribution in [2.45, 2.75) is 6.54 Å². The fourth-order valence-corrected chi connectivity index (χ4v) is 1.67. The molecule has 6 nitrogen and oxygen atoms in total. The highest BCUT2D eigenvalue weighted by Crippen LogP contribution is 2.08. The van der Waals surface area contributed by atoms with Gasteiger partial charge in [0.25, 0.3) is 0 Å². The molecule has 6 heteroatoms. The van der Waals surface area contributed by atoms with E-state index < -0.39 is 5.97 Å². The van der Waals surface area contributed by atoms with Gasteiger partial charge in [0.15, 0.2) is 0 Å². The van der Waals surface area contributed by atoms with Crippen molar-refractivity contribution >= 4 is 11.7 Å². The van der Waals surface area contributed by atoms with E-state index in [1.807, 2.05) is 0 Å². The van der Waals surface area contributed by atoms with Gasteiger partial charge in [0.05, 0.1) is 19.3 Å². The van der Waals surface area contributed by atoms with Crippen LogP contribution in [0.5, 0.6) is 0 Å². The molecule has 0 unspecified atom stereocenters. The number of carbonyl (C=O) groups excluding carboxylic acids is 1. The largest absolute Gasteiger partial charge is 0.464 e. The number of rotatable bonds is 4. The van der Waals surface area contributed by atoms with Crippen molar-refractivity contribution in [2.24, 2.45) is 7.05 Å². The summed E-state index contributed by atoms with van der Waals surface area (Å²) in [5.74, 6) is -0.395. The van der Waals surface area contributed by atoms with Gasteiger partial charge >= 0.3 is 5.97 Å². The Bertz CT molecular complexity index is 643. The molecule has 2 rings (SSSR count). The van der Waals surface area contributed by atoms with Crippen molar-refractivity contribution in [3.8, 4) is 0 Å². The number of pyridine rings is 1. The summed E-state index contributed by atoms with van der Waals surface area (Å²) in [5, 5.41) is 3.16. The molecule has 0 atom stereocenters. The van der Waals surface area contributed by atoms with Crippen LogP contribution in [0.15, 0.2) is 35.3 Å². The average molecular weight is 261 g/mol. The van der Waals surface area contributed by atoms with E-state index in [9.17, 15) is 9.59 Å². The molecule has 0 fully saturated rings. The van der Waals surface area contributed by atoms with Crippen LogP contribution in [0.3, 0.4) is 0 Å². The van der Waals surface area contributed by atoms with Gasteiger partial charge in [0.1, 0.15) is 5.69 Å². The predicted molar refractivity (Wildman–Crippen MR) is 71.1 cm³/mol. The minimum absolute atomic E-state index is 0.0570. The zero-order valence-corrected chi connectivity index (χ0v) is 10.8. The number of anilines is 1. The number of ether oxygens (including phenoxy) is 1. The maximum atomic E-state index is 11.3. The number of esters is 1. The highest BCUT2D eigenvalue weighted by atomic mass is 16.5. The lowest BCUT2D eigenvalue weighted by Crippen LogP contribution is -2.15. The van der Waals surface area contributed by atoms with Gasteiger partial charge < -0.3 is 19.6 Å². The van der Waals surface area contributed by atoms with Crippen LogP contribution in [0.25, 0.3) is 0 Å². The van der Waals surface area contributed by atoms with Crippen LogP contribution in [0.1, 0.15) is 16.2 Å². The first-order chi connectivity index (χ1) is 9.10. The van der Waals surface area contributed by atoms with E-state index >= 15 is 0 Å². The highest BCUT2D eigenvalue weighted by Gasteiger charge is 2.07. The first-order valence-electron chi connectivity index (χ1n) is 5.77. The first kappa shape index (κ1) is 12.9. The minimum atomic E-state index is -0.395. The number of hydrogen-bond donors (Lipinski definition) is 2. The Morgan fingerprint density at radius 3 is 2.84 bits per heavy atom. The second-order valence-electron chi connectivity index (χ2n) is 4.11. The van der Waals surface area contributed by atoms with Crippen molar-refractivity contribution in [1.29, 1.82) is 0 Å². The maximum absolute atomic E-state index is 11.3. The second kappa shape index (κ2) is 5.43. The average Bonchev–Trinajstić information content (AvgIpc) is 2.88. The molecule has 0 aliphatic rings. The van der Waals surface area contributed by atoms with Crippen molar-refractivity contribution in [1.82, 2.24) is 9.55 Å². The number of nitrogens with zero attached hydrogens (tertiary/aromatic N) is 1. The fraction of sp³-hybridized carbons (Fsp3) is 0.231. The number of nitrogens with one attached hydrogen (secondary N) is 2. The molecule has 2 aromatic heterocycles. The zero-order chi connectivity index (χ0) is 13.8. The Kier molecular flexibility index (Phi) is 3.70. The number of aryl methyl sites for hydroxylation is 1. The van der Waals surface area contributed by atoms with Gasteiger partial charge in [0, 0.05) is 25.0 Å². The van der Waals surface area contributed by atoms with Crippen molar-refractivity contribution < 1.29 is 9.53 Å². The Balaban J connectivity index is 2.02. The predicted octanol–water partition coefficient (Wildman–Crippen LogP) is 1.11. The Labute approximate surface area is 110 Å². The lowest BCUT2D eigenvalue weighted by molar-refractivity contribution is 0.0594. The molecule has 0 bridgehead atoms. The molecule has 19 heavy (non-hydrogen) atoms. The van der Waals surface area contributed by atoms with Crippen LogP contribution in [-0.4, -0.2) is 22.6 Å². The second-order valence-corrected chi connectivity index (χ2v) is 4.11. The van der Waals surface area contributed by atoms with Crippen LogP contribution in [0.2, 0.25) is 0 Å². The van der Waals surface area contributed by atoms with E-state index in [1.165, 1.54) is 17.7 Å². The third-order valence-corrected chi connectivity index (χ3v) is 2.72. The molecule has 2 aromatic rings. The quantitative estimate of drug-likeness (QED) is 0.808. The van der Waals surface area contributed by atoms with E-state index in [-0.39, 0.29) is 5.56 Å². The number of aromatic nitrogens is 2. The summed E-state index contributed by atoms with van der Waals surface area (Å²) in [6.45, 7) is 0.523. The summed E-state index contributed by atoms with van der Waals surface area (Å²) in [5.41, 5.74) is 2.05. The molecular formula is C13H15N3O3. The van der Waals surface area contributed by atoms with Gasteiger partial charge in [-0.05, 0) is 18.2 Å². The molecule has 0 saturated carbocycles. The molecular weight excluding hydrogens is 246 g/mol. The molecule has 2 N–H and O–H groups in total. The van der Waals surface area contributed by atoms with Crippen LogP contribution >= 0.6 is 0 Å². The number of carbonyl (C=O) groups is 1. The summed E-state index contributed by atoms with van der Waals surface area (Å²) in [6.07, 6.45) is 1.71. The van der Waals surface area contributed by atoms with Gasteiger partial charge in [-0.25, -0.2) is 4.79 Å². The number of methoxy groups -OCH3 is 1. The van der Waals surface area contributed by atoms with Crippen LogP contribution in [0.4, 0.5) is 5.69 Å². The fourth-order valence-electron chi connectivity index (χ4n) is 1.67. The number of H-pyrrole nitrogens is 1. The Morgan fingerprint density at radius 2 is 2.16 bits per heavy atom. The summed E-state index contributed by atoms with van der Waals surface area (Å²) in [7, 11) is 3.03. The third kappa shape index (κ3) is 3.04. The van der Waals surface area contributed by atoms with Crippen LogP contribution in [-0.2, 0) is 18.3 Å². The van der Waals surface area contributed by atoms with E-state index in [0.29, 0.717) is 12.2 Å². The summed E-state index contributed by atoms with van der Waals surface area (Å²) < 4.78 is 6.11. The monoisotopic (exact) mass is 261 g/mol. The normalized spacial score (nSPS) is 10.2. The third-order valence-electron chi connectivity index (χ3n) is 2.72. The topological polar surface area (TPSA) is 76.1 Å². The van der Waals surface area contributed by atoms with Crippen LogP contribution < -0.4 is 10.9 Å². The van der Waals surface area contributed by atoms with Gasteiger partial charge in [-0.3, -0.25) is 4.79 Å². The molecule has 0 radical (unpaired) electrons. The lowest BCUT2D eigenvalue weighted by atomic mass is 10.3. The highest BCUT2D eigenvalue weighted by molar-refractivity contribution is 5.87. The van der Waals surface area contributed by atoms with E-state index in [4.69, 9.17) is 0 Å². The standard InChI is InChI=1S/C13H15N3O3/c1-16-8-10(4-6-12(16)17)14-7-9-3-5-11(15-9)13(18)19-2/h3-6,8,14-15H,7H2,1-2H3. The van der Waals surface area contributed by atoms with E-state index in [1.54, 1.807) is 31.4 Å². The Hall–Kier alpha value is -2.50. The van der Waals surface area contributed by atoms with Gasteiger partial charge in [-0.2, -0.15) is 0 Å². The van der Waals surface area contributed by atoms with Crippen molar-refractivity contribution in [3.63, 3.8) is 0 Å². The minimum Gasteiger partial charge on any atom is -0.464 e. The zero-order valence-electron chi connectivity index (χ0n) is 10.8. The summed E-state index contributed by atoms with van der Waals surface area (Å²) in [6, 6.07) is 6.69. The lowest BCUT2D eigenvalue weighted by Gasteiger charge is -2.06. The smallest absolute Gasteiger partial charge is 0.354 e. The van der Waals surface area contributed by atoms with E-state index in [2.05, 4.69) is 15.0 Å². The molecule has 0 aliphatic heterocycles. The van der Waals surface area contributed by atoms with Gasteiger partial charge in [-0.1, -0.05) is 0 Å². The number of aromatic amines is 1.